The van der Waals surface area contributed by atoms with Crippen LogP contribution in [-0.2, 0) is 0 Å². The Labute approximate surface area is 189 Å². The fourth-order valence-electron chi connectivity index (χ4n) is 2.28. The van der Waals surface area contributed by atoms with Gasteiger partial charge in [-0.2, -0.15) is 0 Å². The molecule has 6 nitrogen and oxygen atoms in total. The Hall–Kier alpha value is -1.93. The second-order valence-electron chi connectivity index (χ2n) is 5.74. The van der Waals surface area contributed by atoms with Crippen molar-refractivity contribution in [2.24, 2.45) is 0 Å². The third-order valence-electron chi connectivity index (χ3n) is 3.63. The molecule has 29 heavy (non-hydrogen) atoms. The molecule has 10 heteroatoms. The molecule has 156 valence electrons. The smallest absolute Gasteiger partial charge is 0.253 e. The topological polar surface area (TPSA) is 71.6 Å². The van der Waals surface area contributed by atoms with E-state index in [1.54, 1.807) is 48.5 Å². The molecule has 0 aliphatic carbocycles. The molecule has 0 aliphatic rings. The van der Waals surface area contributed by atoms with E-state index >= 15 is 0 Å². The number of carbonyl (C=O) groups is 1. The summed E-state index contributed by atoms with van der Waals surface area (Å²) in [6.07, 6.45) is -1.09. The largest absolute Gasteiger partial charge is 0.497 e. The molecule has 0 heterocycles. The summed E-state index contributed by atoms with van der Waals surface area (Å²) in [6.45, 7) is 2.48. The van der Waals surface area contributed by atoms with Crippen LogP contribution in [0, 0.1) is 0 Å². The van der Waals surface area contributed by atoms with Crippen molar-refractivity contribution in [3.05, 3.63) is 54.1 Å². The van der Waals surface area contributed by atoms with Crippen LogP contribution in [-0.4, -0.2) is 34.7 Å². The van der Waals surface area contributed by atoms with E-state index in [9.17, 15) is 4.79 Å². The number of thiocarbonyl (C=S) groups is 1. The number of hydrogen-bond donors (Lipinski definition) is 3. The Balaban J connectivity index is 2.04. The molecule has 2 rings (SSSR count). The van der Waals surface area contributed by atoms with Gasteiger partial charge in [0, 0.05) is 11.3 Å². The van der Waals surface area contributed by atoms with Crippen molar-refractivity contribution in [3.63, 3.8) is 0 Å². The van der Waals surface area contributed by atoms with Gasteiger partial charge in [0.25, 0.3) is 5.91 Å². The highest BCUT2D eigenvalue weighted by Crippen LogP contribution is 2.29. The van der Waals surface area contributed by atoms with Crippen molar-refractivity contribution in [2.75, 3.05) is 19.0 Å². The van der Waals surface area contributed by atoms with Crippen molar-refractivity contribution in [1.82, 2.24) is 10.6 Å². The van der Waals surface area contributed by atoms with Gasteiger partial charge in [-0.3, -0.25) is 4.79 Å². The van der Waals surface area contributed by atoms with Crippen LogP contribution in [0.3, 0.4) is 0 Å². The van der Waals surface area contributed by atoms with Crippen molar-refractivity contribution in [2.45, 2.75) is 16.9 Å². The summed E-state index contributed by atoms with van der Waals surface area (Å²) in [4.78, 5) is 12.5. The maximum absolute atomic E-state index is 12.5. The minimum Gasteiger partial charge on any atom is -0.497 e. The average molecular weight is 477 g/mol. The van der Waals surface area contributed by atoms with Crippen LogP contribution in [0.2, 0.25) is 0 Å². The number of nitrogens with one attached hydrogen (secondary N) is 3. The van der Waals surface area contributed by atoms with Gasteiger partial charge in [0.1, 0.15) is 17.7 Å². The first-order valence-corrected chi connectivity index (χ1v) is 10.1. The maximum Gasteiger partial charge on any atom is 0.253 e. The molecule has 2 aromatic carbocycles. The van der Waals surface area contributed by atoms with Crippen LogP contribution in [0.15, 0.2) is 48.5 Å². The molecular weight excluding hydrogens is 457 g/mol. The van der Waals surface area contributed by atoms with Crippen LogP contribution in [0.1, 0.15) is 17.3 Å². The molecule has 0 spiro atoms. The first-order valence-electron chi connectivity index (χ1n) is 8.55. The number of ether oxygens (including phenoxy) is 2. The zero-order valence-corrected chi connectivity index (χ0v) is 18.8. The van der Waals surface area contributed by atoms with E-state index < -0.39 is 15.9 Å². The minimum absolute atomic E-state index is 0.163. The van der Waals surface area contributed by atoms with Crippen molar-refractivity contribution >= 4 is 63.7 Å². The summed E-state index contributed by atoms with van der Waals surface area (Å²) in [6, 6.07) is 13.8. The molecule has 1 atom stereocenters. The van der Waals surface area contributed by atoms with E-state index in [1.165, 1.54) is 7.11 Å². The Morgan fingerprint density at radius 2 is 1.79 bits per heavy atom. The number of anilines is 1. The second kappa shape index (κ2) is 10.7. The number of methoxy groups -OCH3 is 1. The van der Waals surface area contributed by atoms with Crippen molar-refractivity contribution < 1.29 is 14.3 Å². The highest BCUT2D eigenvalue weighted by atomic mass is 35.6. The molecule has 1 unspecified atom stereocenters. The molecule has 0 saturated heterocycles. The summed E-state index contributed by atoms with van der Waals surface area (Å²) in [5.41, 5.74) is 1.05. The third-order valence-corrected chi connectivity index (χ3v) is 4.51. The van der Waals surface area contributed by atoms with Crippen LogP contribution in [0.4, 0.5) is 5.69 Å². The van der Waals surface area contributed by atoms with Gasteiger partial charge < -0.3 is 25.4 Å². The Bertz CT molecular complexity index is 845. The molecule has 0 saturated carbocycles. The SMILES string of the molecule is CCOc1ccc(NC(=S)NC(NC(=O)c2cccc(OC)c2)C(Cl)(Cl)Cl)cc1. The van der Waals surface area contributed by atoms with Gasteiger partial charge in [0.15, 0.2) is 5.11 Å². The van der Waals surface area contributed by atoms with E-state index in [0.717, 1.165) is 5.75 Å². The minimum atomic E-state index is -1.86. The van der Waals surface area contributed by atoms with Crippen LogP contribution in [0.25, 0.3) is 0 Å². The fraction of sp³-hybridized carbons (Fsp3) is 0.263. The summed E-state index contributed by atoms with van der Waals surface area (Å²) in [7, 11) is 1.51. The number of carbonyl (C=O) groups excluding carboxylic acids is 1. The fourth-order valence-corrected chi connectivity index (χ4v) is 2.84. The number of hydrogen-bond acceptors (Lipinski definition) is 4. The molecule has 0 aromatic heterocycles. The van der Waals surface area contributed by atoms with Gasteiger partial charge in [-0.1, -0.05) is 40.9 Å². The zero-order valence-electron chi connectivity index (χ0n) is 15.7. The standard InChI is InChI=1S/C19H20Cl3N3O3S/c1-3-28-14-9-7-13(8-10-14)23-18(29)25-17(19(20,21)22)24-16(26)12-5-4-6-15(11-12)27-2/h4-11,17H,3H2,1-2H3,(H,24,26)(H2,23,25,29). The Morgan fingerprint density at radius 1 is 1.10 bits per heavy atom. The number of benzene rings is 2. The Kier molecular flexibility index (Phi) is 8.64. The van der Waals surface area contributed by atoms with Crippen molar-refractivity contribution in [1.29, 1.82) is 0 Å². The van der Waals surface area contributed by atoms with Crippen LogP contribution < -0.4 is 25.4 Å². The lowest BCUT2D eigenvalue weighted by molar-refractivity contribution is 0.0934. The number of alkyl halides is 3. The monoisotopic (exact) mass is 475 g/mol. The van der Waals surface area contributed by atoms with Gasteiger partial charge in [-0.25, -0.2) is 0 Å². The molecule has 0 radical (unpaired) electrons. The van der Waals surface area contributed by atoms with Crippen LogP contribution >= 0.6 is 47.0 Å². The highest BCUT2D eigenvalue weighted by Gasteiger charge is 2.35. The van der Waals surface area contributed by atoms with E-state index in [-0.39, 0.29) is 5.11 Å². The van der Waals surface area contributed by atoms with E-state index in [1.807, 2.05) is 6.92 Å². The summed E-state index contributed by atoms with van der Waals surface area (Å²) < 4.78 is 8.65. The summed E-state index contributed by atoms with van der Waals surface area (Å²) in [5, 5.41) is 8.55. The summed E-state index contributed by atoms with van der Waals surface area (Å²) >= 11 is 23.3. The predicted octanol–water partition coefficient (Wildman–Crippen LogP) is 4.51. The van der Waals surface area contributed by atoms with E-state index in [4.69, 9.17) is 56.5 Å². The molecule has 2 aromatic rings. The van der Waals surface area contributed by atoms with Gasteiger partial charge in [0.2, 0.25) is 3.79 Å². The number of amides is 1. The average Bonchev–Trinajstić information content (AvgIpc) is 2.68. The molecule has 3 N–H and O–H groups in total. The lowest BCUT2D eigenvalue weighted by atomic mass is 10.2. The van der Waals surface area contributed by atoms with E-state index in [2.05, 4.69) is 16.0 Å². The van der Waals surface area contributed by atoms with Crippen molar-refractivity contribution in [3.8, 4) is 11.5 Å². The highest BCUT2D eigenvalue weighted by molar-refractivity contribution is 7.80. The molecular formula is C19H20Cl3N3O3S. The first-order chi connectivity index (χ1) is 13.7. The number of halogens is 3. The molecule has 1 amide bonds. The number of rotatable bonds is 7. The quantitative estimate of drug-likeness (QED) is 0.310. The van der Waals surface area contributed by atoms with Gasteiger partial charge >= 0.3 is 0 Å². The third kappa shape index (κ3) is 7.44. The maximum atomic E-state index is 12.5. The van der Waals surface area contributed by atoms with Gasteiger partial charge in [0.05, 0.1) is 13.7 Å². The second-order valence-corrected chi connectivity index (χ2v) is 8.51. The summed E-state index contributed by atoms with van der Waals surface area (Å²) in [5.74, 6) is 0.807. The lowest BCUT2D eigenvalue weighted by Gasteiger charge is -2.27. The normalized spacial score (nSPS) is 11.9. The lowest BCUT2D eigenvalue weighted by Crippen LogP contribution is -2.56. The first kappa shape index (κ1) is 23.3. The van der Waals surface area contributed by atoms with Crippen LogP contribution in [0.5, 0.6) is 11.5 Å². The zero-order chi connectivity index (χ0) is 21.4. The molecule has 0 fully saturated rings. The molecule has 0 aliphatic heterocycles. The molecule has 0 bridgehead atoms. The van der Waals surface area contributed by atoms with Gasteiger partial charge in [-0.15, -0.1) is 0 Å². The Morgan fingerprint density at radius 3 is 2.38 bits per heavy atom. The predicted molar refractivity (Wildman–Crippen MR) is 122 cm³/mol. The van der Waals surface area contributed by atoms with Gasteiger partial charge in [-0.05, 0) is 61.6 Å². The van der Waals surface area contributed by atoms with E-state index in [0.29, 0.717) is 23.6 Å².